The van der Waals surface area contributed by atoms with Crippen molar-refractivity contribution in [2.24, 2.45) is 0 Å². The number of amides is 1. The van der Waals surface area contributed by atoms with Gasteiger partial charge in [0.15, 0.2) is 0 Å². The van der Waals surface area contributed by atoms with E-state index in [1.54, 1.807) is 24.3 Å². The van der Waals surface area contributed by atoms with Crippen molar-refractivity contribution in [3.8, 4) is 5.75 Å². The van der Waals surface area contributed by atoms with Crippen LogP contribution >= 0.6 is 0 Å². The minimum atomic E-state index is -3.33. The molecule has 0 unspecified atom stereocenters. The summed E-state index contributed by atoms with van der Waals surface area (Å²) in [5.41, 5.74) is 1.00. The fourth-order valence-electron chi connectivity index (χ4n) is 2.82. The maximum Gasteiger partial charge on any atom is 0.415 e. The number of benzene rings is 2. The molecule has 0 aromatic heterocycles. The lowest BCUT2D eigenvalue weighted by atomic mass is 10.2. The number of nitrogens with zero attached hydrogens (tertiary/aromatic N) is 2. The first-order valence-corrected chi connectivity index (χ1v) is 10.2. The SMILES string of the molecule is O=C(Oc1ccccc1)N1CCN(S(=O)(=O)CCc2ccccc2)CC1. The number of aryl methyl sites for hydroxylation is 1. The number of piperazine rings is 1. The zero-order valence-electron chi connectivity index (χ0n) is 14.5. The predicted molar refractivity (Wildman–Crippen MR) is 99.5 cm³/mol. The molecule has 6 nitrogen and oxygen atoms in total. The number of para-hydroxylation sites is 1. The van der Waals surface area contributed by atoms with E-state index in [1.165, 1.54) is 9.21 Å². The summed E-state index contributed by atoms with van der Waals surface area (Å²) in [5, 5.41) is 0. The Morgan fingerprint density at radius 1 is 0.885 bits per heavy atom. The highest BCUT2D eigenvalue weighted by atomic mass is 32.2. The van der Waals surface area contributed by atoms with Gasteiger partial charge in [-0.15, -0.1) is 0 Å². The van der Waals surface area contributed by atoms with Gasteiger partial charge in [0.1, 0.15) is 5.75 Å². The first-order chi connectivity index (χ1) is 12.5. The van der Waals surface area contributed by atoms with Crippen LogP contribution in [0.15, 0.2) is 60.7 Å². The summed E-state index contributed by atoms with van der Waals surface area (Å²) in [6.45, 7) is 1.24. The number of rotatable bonds is 5. The standard InChI is InChI=1S/C19H22N2O4S/c22-19(25-18-9-5-2-6-10-18)20-12-14-21(15-13-20)26(23,24)16-11-17-7-3-1-4-8-17/h1-10H,11-16H2. The number of hydrogen-bond donors (Lipinski definition) is 0. The smallest absolute Gasteiger partial charge is 0.410 e. The highest BCUT2D eigenvalue weighted by molar-refractivity contribution is 7.89. The van der Waals surface area contributed by atoms with Crippen molar-refractivity contribution in [2.75, 3.05) is 31.9 Å². The summed E-state index contributed by atoms with van der Waals surface area (Å²) in [7, 11) is -3.33. The predicted octanol–water partition coefficient (Wildman–Crippen LogP) is 2.38. The molecule has 0 atom stereocenters. The quantitative estimate of drug-likeness (QED) is 0.806. The van der Waals surface area contributed by atoms with Gasteiger partial charge >= 0.3 is 6.09 Å². The summed E-state index contributed by atoms with van der Waals surface area (Å²) >= 11 is 0. The molecule has 1 saturated heterocycles. The number of carbonyl (C=O) groups excluding carboxylic acids is 1. The Morgan fingerprint density at radius 2 is 1.46 bits per heavy atom. The van der Waals surface area contributed by atoms with E-state index in [0.29, 0.717) is 38.3 Å². The van der Waals surface area contributed by atoms with Gasteiger partial charge in [-0.1, -0.05) is 48.5 Å². The average molecular weight is 374 g/mol. The van der Waals surface area contributed by atoms with E-state index in [4.69, 9.17) is 4.74 Å². The van der Waals surface area contributed by atoms with E-state index in [2.05, 4.69) is 0 Å². The van der Waals surface area contributed by atoms with Crippen LogP contribution in [0.3, 0.4) is 0 Å². The molecular weight excluding hydrogens is 352 g/mol. The second-order valence-electron chi connectivity index (χ2n) is 6.12. The van der Waals surface area contributed by atoms with Gasteiger partial charge in [0.2, 0.25) is 10.0 Å². The minimum Gasteiger partial charge on any atom is -0.410 e. The summed E-state index contributed by atoms with van der Waals surface area (Å²) in [6.07, 6.45) is 0.0388. The van der Waals surface area contributed by atoms with Crippen LogP contribution in [0, 0.1) is 0 Å². The van der Waals surface area contributed by atoms with Crippen molar-refractivity contribution < 1.29 is 17.9 Å². The van der Waals surface area contributed by atoms with E-state index < -0.39 is 16.1 Å². The largest absolute Gasteiger partial charge is 0.415 e. The van der Waals surface area contributed by atoms with E-state index in [0.717, 1.165) is 5.56 Å². The third-order valence-electron chi connectivity index (χ3n) is 4.33. The molecule has 138 valence electrons. The monoisotopic (exact) mass is 374 g/mol. The Labute approximate surface area is 154 Å². The number of ether oxygens (including phenoxy) is 1. The maximum atomic E-state index is 12.5. The van der Waals surface area contributed by atoms with Gasteiger partial charge in [-0.25, -0.2) is 13.2 Å². The van der Waals surface area contributed by atoms with Crippen LogP contribution in [0.4, 0.5) is 4.79 Å². The Kier molecular flexibility index (Phi) is 5.90. The summed E-state index contributed by atoms with van der Waals surface area (Å²) in [5.74, 6) is 0.557. The lowest BCUT2D eigenvalue weighted by molar-refractivity contribution is 0.132. The number of sulfonamides is 1. The molecule has 1 amide bonds. The lowest BCUT2D eigenvalue weighted by Gasteiger charge is -2.33. The van der Waals surface area contributed by atoms with Gasteiger partial charge in [0.05, 0.1) is 5.75 Å². The van der Waals surface area contributed by atoms with Crippen molar-refractivity contribution in [3.05, 3.63) is 66.2 Å². The third kappa shape index (κ3) is 4.83. The molecule has 1 aliphatic rings. The molecule has 0 aliphatic carbocycles. The van der Waals surface area contributed by atoms with E-state index in [9.17, 15) is 13.2 Å². The average Bonchev–Trinajstić information content (AvgIpc) is 2.68. The Morgan fingerprint density at radius 3 is 2.08 bits per heavy atom. The number of hydrogen-bond acceptors (Lipinski definition) is 4. The molecule has 1 fully saturated rings. The normalized spacial score (nSPS) is 15.6. The Balaban J connectivity index is 1.50. The van der Waals surface area contributed by atoms with Gasteiger partial charge in [-0.05, 0) is 24.1 Å². The zero-order chi connectivity index (χ0) is 18.4. The topological polar surface area (TPSA) is 66.9 Å². The molecule has 0 saturated carbocycles. The molecule has 3 rings (SSSR count). The van der Waals surface area contributed by atoms with E-state index in [-0.39, 0.29) is 5.75 Å². The highest BCUT2D eigenvalue weighted by Gasteiger charge is 2.29. The van der Waals surface area contributed by atoms with Crippen LogP contribution in [0.25, 0.3) is 0 Å². The zero-order valence-corrected chi connectivity index (χ0v) is 15.3. The van der Waals surface area contributed by atoms with Crippen LogP contribution < -0.4 is 4.74 Å². The van der Waals surface area contributed by atoms with Gasteiger partial charge in [0, 0.05) is 26.2 Å². The fourth-order valence-corrected chi connectivity index (χ4v) is 4.29. The molecule has 0 radical (unpaired) electrons. The van der Waals surface area contributed by atoms with Crippen molar-refractivity contribution in [3.63, 3.8) is 0 Å². The van der Waals surface area contributed by atoms with Crippen molar-refractivity contribution in [1.29, 1.82) is 0 Å². The van der Waals surface area contributed by atoms with E-state index >= 15 is 0 Å². The van der Waals surface area contributed by atoms with E-state index in [1.807, 2.05) is 36.4 Å². The maximum absolute atomic E-state index is 12.5. The molecule has 0 spiro atoms. The van der Waals surface area contributed by atoms with Gasteiger partial charge in [0.25, 0.3) is 0 Å². The molecule has 1 aliphatic heterocycles. The highest BCUT2D eigenvalue weighted by Crippen LogP contribution is 2.14. The van der Waals surface area contributed by atoms with Gasteiger partial charge in [-0.3, -0.25) is 0 Å². The molecular formula is C19H22N2O4S. The summed E-state index contributed by atoms with van der Waals surface area (Å²) in [6, 6.07) is 18.4. The van der Waals surface area contributed by atoms with Gasteiger partial charge < -0.3 is 9.64 Å². The van der Waals surface area contributed by atoms with Crippen LogP contribution in [0.2, 0.25) is 0 Å². The first kappa shape index (κ1) is 18.4. The van der Waals surface area contributed by atoms with Crippen LogP contribution in [0.1, 0.15) is 5.56 Å². The molecule has 7 heteroatoms. The van der Waals surface area contributed by atoms with Crippen molar-refractivity contribution in [2.45, 2.75) is 6.42 Å². The second-order valence-corrected chi connectivity index (χ2v) is 8.21. The molecule has 26 heavy (non-hydrogen) atoms. The van der Waals surface area contributed by atoms with Crippen molar-refractivity contribution >= 4 is 16.1 Å². The van der Waals surface area contributed by atoms with Crippen LogP contribution in [0.5, 0.6) is 5.75 Å². The van der Waals surface area contributed by atoms with Crippen LogP contribution in [-0.4, -0.2) is 55.6 Å². The summed E-state index contributed by atoms with van der Waals surface area (Å²) in [4.78, 5) is 13.7. The molecule has 2 aromatic rings. The summed E-state index contributed by atoms with van der Waals surface area (Å²) < 4.78 is 31.8. The Hall–Kier alpha value is -2.38. The first-order valence-electron chi connectivity index (χ1n) is 8.58. The van der Waals surface area contributed by atoms with Crippen LogP contribution in [-0.2, 0) is 16.4 Å². The Bertz CT molecular complexity index is 817. The second kappa shape index (κ2) is 8.33. The lowest BCUT2D eigenvalue weighted by Crippen LogP contribution is -2.51. The van der Waals surface area contributed by atoms with Gasteiger partial charge in [-0.2, -0.15) is 4.31 Å². The number of carbonyl (C=O) groups is 1. The third-order valence-corrected chi connectivity index (χ3v) is 6.20. The minimum absolute atomic E-state index is 0.0749. The molecule has 0 bridgehead atoms. The fraction of sp³-hybridized carbons (Fsp3) is 0.316. The molecule has 2 aromatic carbocycles. The molecule has 0 N–H and O–H groups in total. The molecule has 1 heterocycles. The van der Waals surface area contributed by atoms with Crippen molar-refractivity contribution in [1.82, 2.24) is 9.21 Å².